The molecule has 0 radical (unpaired) electrons. The molecule has 1 heterocycles. The van der Waals surface area contributed by atoms with Crippen LogP contribution >= 0.6 is 0 Å². The highest BCUT2D eigenvalue weighted by molar-refractivity contribution is 5.43. The Kier molecular flexibility index (Phi) is 5.85. The summed E-state index contributed by atoms with van der Waals surface area (Å²) in [5.74, 6) is 1.69. The summed E-state index contributed by atoms with van der Waals surface area (Å²) < 4.78 is 16.9. The van der Waals surface area contributed by atoms with E-state index < -0.39 is 0 Å². The minimum Gasteiger partial charge on any atom is -0.497 e. The van der Waals surface area contributed by atoms with E-state index in [1.165, 1.54) is 0 Å². The summed E-state index contributed by atoms with van der Waals surface area (Å²) in [6.45, 7) is 5.61. The molecule has 5 heteroatoms. The lowest BCUT2D eigenvalue weighted by Gasteiger charge is -2.36. The number of nitrogens with one attached hydrogen (secondary N) is 1. The summed E-state index contributed by atoms with van der Waals surface area (Å²) in [5.41, 5.74) is 1.08. The van der Waals surface area contributed by atoms with Crippen molar-refractivity contribution in [2.75, 3.05) is 47.5 Å². The van der Waals surface area contributed by atoms with Crippen LogP contribution in [0.4, 0.5) is 0 Å². The summed E-state index contributed by atoms with van der Waals surface area (Å²) in [5, 5.41) is 3.53. The zero-order valence-corrected chi connectivity index (χ0v) is 13.4. The van der Waals surface area contributed by atoms with E-state index >= 15 is 0 Å². The first-order chi connectivity index (χ1) is 10.2. The molecule has 1 N–H and O–H groups in total. The van der Waals surface area contributed by atoms with Crippen molar-refractivity contribution in [3.63, 3.8) is 0 Å². The van der Waals surface area contributed by atoms with Gasteiger partial charge in [0.1, 0.15) is 11.5 Å². The van der Waals surface area contributed by atoms with Gasteiger partial charge in [-0.3, -0.25) is 0 Å². The fourth-order valence-electron chi connectivity index (χ4n) is 2.76. The number of benzene rings is 1. The van der Waals surface area contributed by atoms with Gasteiger partial charge in [0, 0.05) is 18.7 Å². The van der Waals surface area contributed by atoms with Crippen molar-refractivity contribution in [1.82, 2.24) is 10.2 Å². The Bertz CT molecular complexity index is 453. The first kappa shape index (κ1) is 16.1. The van der Waals surface area contributed by atoms with E-state index in [0.717, 1.165) is 43.3 Å². The lowest BCUT2D eigenvalue weighted by atomic mass is 9.98. The molecule has 2 atom stereocenters. The molecule has 1 aromatic carbocycles. The molecule has 2 rings (SSSR count). The van der Waals surface area contributed by atoms with Gasteiger partial charge in [-0.15, -0.1) is 0 Å². The van der Waals surface area contributed by atoms with Crippen LogP contribution in [0, 0.1) is 0 Å². The maximum atomic E-state index is 5.99. The number of rotatable bonds is 6. The maximum Gasteiger partial charge on any atom is 0.124 e. The normalized spacial score (nSPS) is 21.0. The smallest absolute Gasteiger partial charge is 0.124 e. The molecule has 118 valence electrons. The average Bonchev–Trinajstić information content (AvgIpc) is 2.52. The van der Waals surface area contributed by atoms with Crippen LogP contribution in [0.25, 0.3) is 0 Å². The van der Waals surface area contributed by atoms with Crippen LogP contribution in [0.1, 0.15) is 18.5 Å². The van der Waals surface area contributed by atoms with Gasteiger partial charge >= 0.3 is 0 Å². The van der Waals surface area contributed by atoms with Gasteiger partial charge in [0.25, 0.3) is 0 Å². The quantitative estimate of drug-likeness (QED) is 0.865. The van der Waals surface area contributed by atoms with Crippen molar-refractivity contribution in [2.45, 2.75) is 19.1 Å². The summed E-state index contributed by atoms with van der Waals surface area (Å²) >= 11 is 0. The maximum absolute atomic E-state index is 5.99. The van der Waals surface area contributed by atoms with E-state index in [-0.39, 0.29) is 12.1 Å². The van der Waals surface area contributed by atoms with E-state index in [9.17, 15) is 0 Å². The predicted octanol–water partition coefficient (Wildman–Crippen LogP) is 1.68. The standard InChI is InChI=1S/C16H26N2O3/c1-5-17-16(15-11-18(2)8-9-21-15)13-10-12(19-3)6-7-14(13)20-4/h6-7,10,15-17H,5,8-9,11H2,1-4H3. The number of nitrogens with zero attached hydrogens (tertiary/aromatic N) is 1. The van der Waals surface area contributed by atoms with Crippen LogP contribution < -0.4 is 14.8 Å². The summed E-state index contributed by atoms with van der Waals surface area (Å²) in [6.07, 6.45) is 0.102. The van der Waals surface area contributed by atoms with Gasteiger partial charge < -0.3 is 24.4 Å². The number of hydrogen-bond donors (Lipinski definition) is 1. The van der Waals surface area contributed by atoms with Crippen molar-refractivity contribution < 1.29 is 14.2 Å². The second kappa shape index (κ2) is 7.64. The molecule has 0 aliphatic carbocycles. The molecule has 21 heavy (non-hydrogen) atoms. The highest BCUT2D eigenvalue weighted by atomic mass is 16.5. The lowest BCUT2D eigenvalue weighted by Crippen LogP contribution is -2.46. The highest BCUT2D eigenvalue weighted by Crippen LogP contribution is 2.32. The van der Waals surface area contributed by atoms with Crippen LogP contribution in [0.2, 0.25) is 0 Å². The van der Waals surface area contributed by atoms with Crippen LogP contribution in [-0.4, -0.2) is 58.5 Å². The zero-order chi connectivity index (χ0) is 15.2. The number of likely N-dealkylation sites (N-methyl/N-ethyl adjacent to an activating group) is 2. The molecular weight excluding hydrogens is 268 g/mol. The minimum atomic E-state index is 0.0859. The van der Waals surface area contributed by atoms with E-state index in [2.05, 4.69) is 24.2 Å². The molecule has 1 fully saturated rings. The lowest BCUT2D eigenvalue weighted by molar-refractivity contribution is -0.0393. The van der Waals surface area contributed by atoms with Gasteiger partial charge in [0.05, 0.1) is 33.0 Å². The number of ether oxygens (including phenoxy) is 3. The first-order valence-electron chi connectivity index (χ1n) is 7.45. The molecule has 0 bridgehead atoms. The minimum absolute atomic E-state index is 0.0859. The SMILES string of the molecule is CCNC(c1cc(OC)ccc1OC)C1CN(C)CCO1. The second-order valence-electron chi connectivity index (χ2n) is 5.31. The molecule has 1 saturated heterocycles. The average molecular weight is 294 g/mol. The zero-order valence-electron chi connectivity index (χ0n) is 13.4. The molecule has 0 amide bonds. The predicted molar refractivity (Wildman–Crippen MR) is 83.2 cm³/mol. The summed E-state index contributed by atoms with van der Waals surface area (Å²) in [6, 6.07) is 5.98. The van der Waals surface area contributed by atoms with Crippen molar-refractivity contribution in [3.05, 3.63) is 23.8 Å². The first-order valence-corrected chi connectivity index (χ1v) is 7.45. The Balaban J connectivity index is 2.31. The fraction of sp³-hybridized carbons (Fsp3) is 0.625. The topological polar surface area (TPSA) is 43.0 Å². The van der Waals surface area contributed by atoms with Gasteiger partial charge in [0.15, 0.2) is 0 Å². The third kappa shape index (κ3) is 3.87. The van der Waals surface area contributed by atoms with Crippen LogP contribution in [-0.2, 0) is 4.74 Å². The Morgan fingerprint density at radius 1 is 1.38 bits per heavy atom. The molecule has 1 aliphatic heterocycles. The van der Waals surface area contributed by atoms with E-state index in [0.29, 0.717) is 0 Å². The van der Waals surface area contributed by atoms with Crippen LogP contribution in [0.5, 0.6) is 11.5 Å². The summed E-state index contributed by atoms with van der Waals surface area (Å²) in [7, 11) is 5.50. The largest absolute Gasteiger partial charge is 0.497 e. The van der Waals surface area contributed by atoms with Gasteiger partial charge in [0.2, 0.25) is 0 Å². The molecule has 5 nitrogen and oxygen atoms in total. The molecule has 1 aliphatic rings. The second-order valence-corrected chi connectivity index (χ2v) is 5.31. The van der Waals surface area contributed by atoms with Gasteiger partial charge in [-0.25, -0.2) is 0 Å². The van der Waals surface area contributed by atoms with Crippen LogP contribution in [0.3, 0.4) is 0 Å². The number of morpholine rings is 1. The molecule has 2 unspecified atom stereocenters. The Morgan fingerprint density at radius 3 is 2.81 bits per heavy atom. The van der Waals surface area contributed by atoms with Gasteiger partial charge in [-0.05, 0) is 31.8 Å². The third-order valence-corrected chi connectivity index (χ3v) is 3.86. The Labute approximate surface area is 127 Å². The van der Waals surface area contributed by atoms with Crippen molar-refractivity contribution in [2.24, 2.45) is 0 Å². The van der Waals surface area contributed by atoms with Crippen molar-refractivity contribution >= 4 is 0 Å². The molecule has 1 aromatic rings. The monoisotopic (exact) mass is 294 g/mol. The number of hydrogen-bond acceptors (Lipinski definition) is 5. The van der Waals surface area contributed by atoms with Gasteiger partial charge in [-0.1, -0.05) is 6.92 Å². The van der Waals surface area contributed by atoms with E-state index in [4.69, 9.17) is 14.2 Å². The highest BCUT2D eigenvalue weighted by Gasteiger charge is 2.29. The Morgan fingerprint density at radius 2 is 2.19 bits per heavy atom. The number of methoxy groups -OCH3 is 2. The van der Waals surface area contributed by atoms with Crippen molar-refractivity contribution in [3.8, 4) is 11.5 Å². The molecule has 0 saturated carbocycles. The Hall–Kier alpha value is -1.30. The van der Waals surface area contributed by atoms with Gasteiger partial charge in [-0.2, -0.15) is 0 Å². The molecular formula is C16H26N2O3. The van der Waals surface area contributed by atoms with Crippen molar-refractivity contribution in [1.29, 1.82) is 0 Å². The summed E-state index contributed by atoms with van der Waals surface area (Å²) in [4.78, 5) is 2.30. The van der Waals surface area contributed by atoms with E-state index in [1.54, 1.807) is 14.2 Å². The fourth-order valence-corrected chi connectivity index (χ4v) is 2.76. The van der Waals surface area contributed by atoms with E-state index in [1.807, 2.05) is 18.2 Å². The third-order valence-electron chi connectivity index (χ3n) is 3.86. The molecule has 0 spiro atoms. The van der Waals surface area contributed by atoms with Crippen LogP contribution in [0.15, 0.2) is 18.2 Å². The molecule has 0 aromatic heterocycles.